The molecule has 6 heteroatoms. The molecule has 0 aliphatic carbocycles. The highest BCUT2D eigenvalue weighted by atomic mass is 16.5. The molecule has 1 heterocycles. The fourth-order valence-electron chi connectivity index (χ4n) is 2.85. The maximum Gasteiger partial charge on any atom is 0.182 e. The van der Waals surface area contributed by atoms with Gasteiger partial charge in [-0.1, -0.05) is 11.5 Å². The molecule has 1 saturated heterocycles. The van der Waals surface area contributed by atoms with Crippen LogP contribution in [0.25, 0.3) is 0 Å². The molecule has 24 heavy (non-hydrogen) atoms. The van der Waals surface area contributed by atoms with E-state index in [0.717, 1.165) is 43.1 Å². The molecule has 1 atom stereocenters. The Balaban J connectivity index is 1.72. The average Bonchev–Trinajstić information content (AvgIpc) is 3.00. The Morgan fingerprint density at radius 3 is 2.58 bits per heavy atom. The molecule has 1 N–H and O–H groups in total. The summed E-state index contributed by atoms with van der Waals surface area (Å²) in [6.45, 7) is 1.72. The molecule has 4 nitrogen and oxygen atoms in total. The molecule has 1 fully saturated rings. The molecule has 1 aliphatic heterocycles. The second-order valence-corrected chi connectivity index (χ2v) is 5.95. The Kier molecular flexibility index (Phi) is 5.36. The predicted octanol–water partition coefficient (Wildman–Crippen LogP) is 2.24. The van der Waals surface area contributed by atoms with Crippen molar-refractivity contribution in [3.8, 4) is 17.2 Å². The molecule has 4 radical (unpaired) electrons. The van der Waals surface area contributed by atoms with Crippen LogP contribution >= 0.6 is 0 Å². The summed E-state index contributed by atoms with van der Waals surface area (Å²) in [6, 6.07) is 13.4. The van der Waals surface area contributed by atoms with Gasteiger partial charge in [-0.2, -0.15) is 0 Å². The number of benzene rings is 2. The summed E-state index contributed by atoms with van der Waals surface area (Å²) in [7, 11) is 13.5. The summed E-state index contributed by atoms with van der Waals surface area (Å²) in [6.07, 6.45) is 2.24. The van der Waals surface area contributed by atoms with Crippen molar-refractivity contribution in [2.24, 2.45) is 0 Å². The predicted molar refractivity (Wildman–Crippen MR) is 98.9 cm³/mol. The SMILES string of the molecule is [B]c1ccc(NC[C@@H]2CCCN2[B])c(Oc2ccc(OC)cc2)c1. The van der Waals surface area contributed by atoms with Gasteiger partial charge in [0.05, 0.1) is 12.8 Å². The van der Waals surface area contributed by atoms with Crippen LogP contribution in [0.15, 0.2) is 42.5 Å². The molecule has 3 rings (SSSR count). The summed E-state index contributed by atoms with van der Waals surface area (Å²) < 4.78 is 11.2. The van der Waals surface area contributed by atoms with Crippen molar-refractivity contribution >= 4 is 27.0 Å². The van der Waals surface area contributed by atoms with Crippen LogP contribution in [0.3, 0.4) is 0 Å². The standard InChI is InChI=1S/C18H20B2N2O2/c1-23-15-5-7-16(8-6-15)24-18-11-13(19)4-9-17(18)21-12-14-3-2-10-22(14)20/h4-9,11,14,21H,2-3,10,12H2,1H3/t14-/m0/s1. The van der Waals surface area contributed by atoms with E-state index in [4.69, 9.17) is 25.3 Å². The van der Waals surface area contributed by atoms with Crippen molar-refractivity contribution in [2.75, 3.05) is 25.5 Å². The van der Waals surface area contributed by atoms with Crippen LogP contribution in [0.1, 0.15) is 12.8 Å². The van der Waals surface area contributed by atoms with Gasteiger partial charge < -0.3 is 19.6 Å². The lowest BCUT2D eigenvalue weighted by Crippen LogP contribution is -2.32. The van der Waals surface area contributed by atoms with Gasteiger partial charge in [0.2, 0.25) is 0 Å². The highest BCUT2D eigenvalue weighted by molar-refractivity contribution is 6.32. The molecule has 0 spiro atoms. The Hall–Kier alpha value is -2.07. The van der Waals surface area contributed by atoms with Crippen molar-refractivity contribution in [2.45, 2.75) is 18.9 Å². The summed E-state index contributed by atoms with van der Waals surface area (Å²) in [4.78, 5) is 1.90. The quantitative estimate of drug-likeness (QED) is 0.829. The van der Waals surface area contributed by atoms with Crippen molar-refractivity contribution < 1.29 is 9.47 Å². The highest BCUT2D eigenvalue weighted by Crippen LogP contribution is 2.30. The third-order valence-electron chi connectivity index (χ3n) is 4.24. The van der Waals surface area contributed by atoms with Gasteiger partial charge in [-0.3, -0.25) is 0 Å². The van der Waals surface area contributed by atoms with Crippen LogP contribution in [0.4, 0.5) is 5.69 Å². The molecule has 0 amide bonds. The van der Waals surface area contributed by atoms with Crippen molar-refractivity contribution in [3.05, 3.63) is 42.5 Å². The molecule has 0 bridgehead atoms. The molecule has 120 valence electrons. The van der Waals surface area contributed by atoms with E-state index in [0.29, 0.717) is 17.3 Å². The van der Waals surface area contributed by atoms with Gasteiger partial charge in [0.15, 0.2) is 7.98 Å². The Morgan fingerprint density at radius 2 is 1.92 bits per heavy atom. The van der Waals surface area contributed by atoms with Gasteiger partial charge in [0, 0.05) is 12.6 Å². The first-order valence-corrected chi connectivity index (χ1v) is 8.12. The minimum Gasteiger partial charge on any atom is -0.497 e. The maximum atomic E-state index is 5.99. The number of ether oxygens (including phenoxy) is 2. The number of nitrogens with zero attached hydrogens (tertiary/aromatic N) is 1. The van der Waals surface area contributed by atoms with Gasteiger partial charge in [-0.15, -0.1) is 0 Å². The zero-order valence-electron chi connectivity index (χ0n) is 13.9. The number of anilines is 1. The van der Waals surface area contributed by atoms with Crippen molar-refractivity contribution in [1.82, 2.24) is 4.81 Å². The number of hydrogen-bond donors (Lipinski definition) is 1. The largest absolute Gasteiger partial charge is 0.497 e. The fraction of sp³-hybridized carbons (Fsp3) is 0.333. The Labute approximate surface area is 146 Å². The van der Waals surface area contributed by atoms with Gasteiger partial charge in [0.1, 0.15) is 25.1 Å². The fourth-order valence-corrected chi connectivity index (χ4v) is 2.85. The van der Waals surface area contributed by atoms with E-state index in [1.165, 1.54) is 0 Å². The summed E-state index contributed by atoms with van der Waals surface area (Å²) in [5.74, 6) is 2.21. The summed E-state index contributed by atoms with van der Waals surface area (Å²) >= 11 is 0. The maximum absolute atomic E-state index is 5.99. The number of nitrogens with one attached hydrogen (secondary N) is 1. The molecule has 0 aromatic heterocycles. The van der Waals surface area contributed by atoms with Crippen molar-refractivity contribution in [1.29, 1.82) is 0 Å². The smallest absolute Gasteiger partial charge is 0.182 e. The number of hydrogen-bond acceptors (Lipinski definition) is 4. The minimum absolute atomic E-state index is 0.344. The van der Waals surface area contributed by atoms with Crippen LogP contribution in [0.2, 0.25) is 0 Å². The number of methoxy groups -OCH3 is 1. The van der Waals surface area contributed by atoms with Gasteiger partial charge >= 0.3 is 0 Å². The molecule has 1 aliphatic rings. The molecular formula is C18H20B2N2O2. The topological polar surface area (TPSA) is 33.7 Å². The first kappa shape index (κ1) is 16.8. The lowest BCUT2D eigenvalue weighted by atomic mass is 9.96. The van der Waals surface area contributed by atoms with Crippen LogP contribution in [0, 0.1) is 0 Å². The molecule has 0 saturated carbocycles. The zero-order valence-corrected chi connectivity index (χ0v) is 13.9. The lowest BCUT2D eigenvalue weighted by Gasteiger charge is -2.22. The van der Waals surface area contributed by atoms with Crippen molar-refractivity contribution in [3.63, 3.8) is 0 Å². The Bertz CT molecular complexity index is 679. The first-order chi connectivity index (χ1) is 11.7. The van der Waals surface area contributed by atoms with Gasteiger partial charge in [-0.25, -0.2) is 0 Å². The van der Waals surface area contributed by atoms with Crippen LogP contribution in [0.5, 0.6) is 17.2 Å². The summed E-state index contributed by atoms with van der Waals surface area (Å²) in [5.41, 5.74) is 1.56. The monoisotopic (exact) mass is 318 g/mol. The second kappa shape index (κ2) is 7.67. The van der Waals surface area contributed by atoms with E-state index in [-0.39, 0.29) is 0 Å². The van der Waals surface area contributed by atoms with E-state index in [9.17, 15) is 0 Å². The molecular weight excluding hydrogens is 298 g/mol. The van der Waals surface area contributed by atoms with E-state index < -0.39 is 0 Å². The number of rotatable bonds is 6. The Morgan fingerprint density at radius 1 is 1.17 bits per heavy atom. The van der Waals surface area contributed by atoms with E-state index >= 15 is 0 Å². The zero-order chi connectivity index (χ0) is 16.9. The minimum atomic E-state index is 0.344. The first-order valence-electron chi connectivity index (χ1n) is 8.12. The molecule has 2 aromatic rings. The van der Waals surface area contributed by atoms with Gasteiger partial charge in [0.25, 0.3) is 0 Å². The van der Waals surface area contributed by atoms with Crippen LogP contribution < -0.4 is 20.3 Å². The highest BCUT2D eigenvalue weighted by Gasteiger charge is 2.20. The normalized spacial score (nSPS) is 17.6. The van der Waals surface area contributed by atoms with Crippen LogP contribution in [-0.2, 0) is 0 Å². The van der Waals surface area contributed by atoms with Crippen LogP contribution in [-0.4, -0.2) is 46.9 Å². The second-order valence-electron chi connectivity index (χ2n) is 5.95. The lowest BCUT2D eigenvalue weighted by molar-refractivity contribution is 0.413. The van der Waals surface area contributed by atoms with Gasteiger partial charge in [-0.05, 0) is 55.8 Å². The van der Waals surface area contributed by atoms with E-state index in [1.54, 1.807) is 7.11 Å². The third-order valence-corrected chi connectivity index (χ3v) is 4.24. The van der Waals surface area contributed by atoms with E-state index in [1.807, 2.05) is 47.3 Å². The van der Waals surface area contributed by atoms with E-state index in [2.05, 4.69) is 5.32 Å². The summed E-state index contributed by atoms with van der Waals surface area (Å²) in [5, 5.41) is 3.43. The molecule has 2 aromatic carbocycles. The average molecular weight is 318 g/mol. The third kappa shape index (κ3) is 4.06. The molecule has 0 unspecified atom stereocenters.